The topological polar surface area (TPSA) is 46.2 Å². The molecule has 0 radical (unpaired) electrons. The summed E-state index contributed by atoms with van der Waals surface area (Å²) in [6.07, 6.45) is 11.1. The van der Waals surface area contributed by atoms with Crippen molar-refractivity contribution in [3.8, 4) is 0 Å². The summed E-state index contributed by atoms with van der Waals surface area (Å²) in [5.74, 6) is 0. The summed E-state index contributed by atoms with van der Waals surface area (Å²) in [5, 5.41) is 0. The summed E-state index contributed by atoms with van der Waals surface area (Å²) in [6.45, 7) is 10.6. The Morgan fingerprint density at radius 2 is 1.83 bits per heavy atom. The molecule has 0 saturated heterocycles. The van der Waals surface area contributed by atoms with Crippen molar-refractivity contribution in [2.75, 3.05) is 19.8 Å². The first-order chi connectivity index (χ1) is 11.2. The van der Waals surface area contributed by atoms with E-state index < -0.39 is 0 Å². The molecule has 0 amide bonds. The molecule has 2 heterocycles. The van der Waals surface area contributed by atoms with Crippen LogP contribution >= 0.6 is 0 Å². The Kier molecular flexibility index (Phi) is 7.71. The van der Waals surface area contributed by atoms with E-state index in [0.717, 1.165) is 6.42 Å². The monoisotopic (exact) mass is 322 g/mol. The van der Waals surface area contributed by atoms with Gasteiger partial charge in [-0.25, -0.2) is 0 Å². The van der Waals surface area contributed by atoms with Crippen molar-refractivity contribution in [3.05, 3.63) is 49.6 Å². The average Bonchev–Trinajstić information content (AvgIpc) is 2.57. The van der Waals surface area contributed by atoms with Crippen molar-refractivity contribution in [2.45, 2.75) is 44.2 Å². The molecule has 5 heteroatoms. The first-order valence-corrected chi connectivity index (χ1v) is 7.95. The second-order valence-electron chi connectivity index (χ2n) is 5.40. The molecular formula is C18H26O5. The van der Waals surface area contributed by atoms with E-state index in [1.807, 2.05) is 31.2 Å². The molecule has 2 rings (SSSR count). The van der Waals surface area contributed by atoms with Crippen molar-refractivity contribution in [2.24, 2.45) is 0 Å². The van der Waals surface area contributed by atoms with Crippen molar-refractivity contribution in [3.63, 3.8) is 0 Å². The Hall–Kier alpha value is -1.24. The van der Waals surface area contributed by atoms with Crippen molar-refractivity contribution >= 4 is 0 Å². The van der Waals surface area contributed by atoms with Crippen LogP contribution < -0.4 is 0 Å². The van der Waals surface area contributed by atoms with E-state index in [0.29, 0.717) is 19.8 Å². The molecule has 0 N–H and O–H groups in total. The third-order valence-corrected chi connectivity index (χ3v) is 3.51. The standard InChI is InChI=1S/C18H26O5/c1-4-11-19-16-9-10-18(22-14(16)3)21-13-15-7-6-8-17(23-15)20-12-5-2/h4-7,9-10,14-18H,1-2,8,11-13H2,3H3/t14-,15-,16-,17?,18-/m0/s1. The zero-order chi connectivity index (χ0) is 16.5. The van der Waals surface area contributed by atoms with Gasteiger partial charge in [-0.1, -0.05) is 30.4 Å². The van der Waals surface area contributed by atoms with E-state index in [9.17, 15) is 0 Å². The lowest BCUT2D eigenvalue weighted by Crippen LogP contribution is -2.38. The van der Waals surface area contributed by atoms with E-state index >= 15 is 0 Å². The summed E-state index contributed by atoms with van der Waals surface area (Å²) in [5.41, 5.74) is 0. The first-order valence-electron chi connectivity index (χ1n) is 7.95. The van der Waals surface area contributed by atoms with Gasteiger partial charge in [0.15, 0.2) is 12.6 Å². The lowest BCUT2D eigenvalue weighted by atomic mass is 10.1. The zero-order valence-corrected chi connectivity index (χ0v) is 13.6. The predicted molar refractivity (Wildman–Crippen MR) is 87.9 cm³/mol. The van der Waals surface area contributed by atoms with Gasteiger partial charge in [-0.2, -0.15) is 0 Å². The molecule has 5 atom stereocenters. The zero-order valence-electron chi connectivity index (χ0n) is 13.6. The maximum atomic E-state index is 5.79. The van der Waals surface area contributed by atoms with E-state index in [1.54, 1.807) is 12.2 Å². The number of rotatable bonds is 9. The summed E-state index contributed by atoms with van der Waals surface area (Å²) < 4.78 is 28.4. The van der Waals surface area contributed by atoms with Crippen LogP contribution in [0.25, 0.3) is 0 Å². The maximum Gasteiger partial charge on any atom is 0.177 e. The fraction of sp³-hybridized carbons (Fsp3) is 0.556. The van der Waals surface area contributed by atoms with Crippen LogP contribution in [0.2, 0.25) is 0 Å². The molecule has 5 nitrogen and oxygen atoms in total. The molecule has 0 aromatic carbocycles. The highest BCUT2D eigenvalue weighted by atomic mass is 16.7. The second-order valence-corrected chi connectivity index (χ2v) is 5.40. The molecule has 0 bridgehead atoms. The normalized spacial score (nSPS) is 33.5. The van der Waals surface area contributed by atoms with Crippen LogP contribution in [0, 0.1) is 0 Å². The number of hydrogen-bond acceptors (Lipinski definition) is 5. The van der Waals surface area contributed by atoms with Crippen LogP contribution in [0.4, 0.5) is 0 Å². The van der Waals surface area contributed by atoms with Gasteiger partial charge >= 0.3 is 0 Å². The van der Waals surface area contributed by atoms with Gasteiger partial charge in [0.2, 0.25) is 0 Å². The van der Waals surface area contributed by atoms with Crippen molar-refractivity contribution < 1.29 is 23.7 Å². The molecule has 23 heavy (non-hydrogen) atoms. The van der Waals surface area contributed by atoms with Gasteiger partial charge in [-0.3, -0.25) is 0 Å². The molecule has 0 aromatic heterocycles. The van der Waals surface area contributed by atoms with Crippen LogP contribution in [0.1, 0.15) is 13.3 Å². The highest BCUT2D eigenvalue weighted by Crippen LogP contribution is 2.19. The maximum absolute atomic E-state index is 5.79. The Morgan fingerprint density at radius 1 is 1.04 bits per heavy atom. The fourth-order valence-electron chi connectivity index (χ4n) is 2.36. The van der Waals surface area contributed by atoms with Gasteiger partial charge in [0.1, 0.15) is 12.2 Å². The highest BCUT2D eigenvalue weighted by molar-refractivity contribution is 5.00. The molecule has 1 unspecified atom stereocenters. The molecule has 128 valence electrons. The van der Waals surface area contributed by atoms with Crippen LogP contribution in [-0.2, 0) is 23.7 Å². The van der Waals surface area contributed by atoms with Crippen LogP contribution in [-0.4, -0.2) is 50.7 Å². The van der Waals surface area contributed by atoms with Gasteiger partial charge in [-0.05, 0) is 13.0 Å². The third-order valence-electron chi connectivity index (χ3n) is 3.51. The second kappa shape index (κ2) is 9.80. The average molecular weight is 322 g/mol. The van der Waals surface area contributed by atoms with Gasteiger partial charge in [-0.15, -0.1) is 13.2 Å². The molecule has 0 aliphatic carbocycles. The SMILES string of the molecule is C=CCOC1CC=C[C@@H](CO[C@@H]2C=C[C@H](OCC=C)[C@H](C)O2)O1. The minimum absolute atomic E-state index is 0.0727. The lowest BCUT2D eigenvalue weighted by Gasteiger charge is -2.31. The molecular weight excluding hydrogens is 296 g/mol. The van der Waals surface area contributed by atoms with Gasteiger partial charge in [0, 0.05) is 6.42 Å². The molecule has 0 saturated carbocycles. The summed E-state index contributed by atoms with van der Waals surface area (Å²) in [6, 6.07) is 0. The smallest absolute Gasteiger partial charge is 0.177 e. The Labute approximate surface area is 138 Å². The van der Waals surface area contributed by atoms with Crippen LogP contribution in [0.3, 0.4) is 0 Å². The largest absolute Gasteiger partial charge is 0.367 e. The lowest BCUT2D eigenvalue weighted by molar-refractivity contribution is -0.205. The molecule has 2 aliphatic rings. The quantitative estimate of drug-likeness (QED) is 0.611. The van der Waals surface area contributed by atoms with E-state index in [-0.39, 0.29) is 30.9 Å². The number of ether oxygens (including phenoxy) is 5. The summed E-state index contributed by atoms with van der Waals surface area (Å²) in [7, 11) is 0. The van der Waals surface area contributed by atoms with E-state index in [2.05, 4.69) is 13.2 Å². The van der Waals surface area contributed by atoms with Crippen LogP contribution in [0.5, 0.6) is 0 Å². The Morgan fingerprint density at radius 3 is 2.57 bits per heavy atom. The Balaban J connectivity index is 1.73. The minimum atomic E-state index is -0.389. The van der Waals surface area contributed by atoms with Gasteiger partial charge in [0.05, 0.1) is 25.9 Å². The summed E-state index contributed by atoms with van der Waals surface area (Å²) >= 11 is 0. The van der Waals surface area contributed by atoms with Crippen molar-refractivity contribution in [1.29, 1.82) is 0 Å². The Bertz CT molecular complexity index is 431. The van der Waals surface area contributed by atoms with Crippen molar-refractivity contribution in [1.82, 2.24) is 0 Å². The first kappa shape index (κ1) is 18.1. The van der Waals surface area contributed by atoms with Gasteiger partial charge < -0.3 is 23.7 Å². The molecule has 0 spiro atoms. The fourth-order valence-corrected chi connectivity index (χ4v) is 2.36. The molecule has 0 fully saturated rings. The molecule has 0 aromatic rings. The highest BCUT2D eigenvalue weighted by Gasteiger charge is 2.26. The third kappa shape index (κ3) is 6.05. The van der Waals surface area contributed by atoms with Gasteiger partial charge in [0.25, 0.3) is 0 Å². The predicted octanol–water partition coefficient (Wildman–Crippen LogP) is 2.75. The summed E-state index contributed by atoms with van der Waals surface area (Å²) in [4.78, 5) is 0. The molecule has 2 aliphatic heterocycles. The minimum Gasteiger partial charge on any atom is -0.367 e. The van der Waals surface area contributed by atoms with Crippen LogP contribution in [0.15, 0.2) is 49.6 Å². The van der Waals surface area contributed by atoms with E-state index in [4.69, 9.17) is 23.7 Å². The van der Waals surface area contributed by atoms with E-state index in [1.165, 1.54) is 0 Å². The number of hydrogen-bond donors (Lipinski definition) is 0.